The molecule has 2 aromatic carbocycles. The quantitative estimate of drug-likeness (QED) is 0.694. The lowest BCUT2D eigenvalue weighted by Gasteiger charge is -2.11. The van der Waals surface area contributed by atoms with E-state index in [1.54, 1.807) is 30.3 Å². The monoisotopic (exact) mass is 380 g/mol. The average Bonchev–Trinajstić information content (AvgIpc) is 3.11. The van der Waals surface area contributed by atoms with Crippen LogP contribution in [-0.4, -0.2) is 22.0 Å². The van der Waals surface area contributed by atoms with Crippen LogP contribution in [0.4, 0.5) is 10.8 Å². The number of para-hydroxylation sites is 1. The van der Waals surface area contributed by atoms with Gasteiger partial charge in [-0.2, -0.15) is 0 Å². The number of nitrogens with one attached hydrogen (secondary N) is 2. The van der Waals surface area contributed by atoms with Crippen LogP contribution in [0.15, 0.2) is 42.5 Å². The van der Waals surface area contributed by atoms with Gasteiger partial charge in [0.2, 0.25) is 5.13 Å². The van der Waals surface area contributed by atoms with Crippen LogP contribution in [0.2, 0.25) is 0 Å². The van der Waals surface area contributed by atoms with E-state index in [2.05, 4.69) is 20.8 Å². The van der Waals surface area contributed by atoms with E-state index in [9.17, 15) is 9.59 Å². The standard InChI is InChI=1S/C20H20N4O2S/c1-4-17-23-24-20(27-17)22-19(26)15-7-5-6-8-16(15)21-18(25)14-10-9-12(2)13(3)11-14/h5-11H,4H2,1-3H3,(H,21,25)(H,22,24,26). The van der Waals surface area contributed by atoms with E-state index in [1.165, 1.54) is 11.3 Å². The molecule has 0 fully saturated rings. The van der Waals surface area contributed by atoms with E-state index in [1.807, 2.05) is 32.9 Å². The Morgan fingerprint density at radius 2 is 1.74 bits per heavy atom. The molecular weight excluding hydrogens is 360 g/mol. The zero-order chi connectivity index (χ0) is 19.4. The Balaban J connectivity index is 1.79. The molecule has 7 heteroatoms. The lowest BCUT2D eigenvalue weighted by atomic mass is 10.1. The van der Waals surface area contributed by atoms with Crippen LogP contribution in [0.25, 0.3) is 0 Å². The first-order valence-corrected chi connectivity index (χ1v) is 9.41. The number of anilines is 2. The van der Waals surface area contributed by atoms with Gasteiger partial charge in [0.1, 0.15) is 5.01 Å². The summed E-state index contributed by atoms with van der Waals surface area (Å²) in [5.74, 6) is -0.604. The van der Waals surface area contributed by atoms with Gasteiger partial charge in [0.15, 0.2) is 0 Å². The highest BCUT2D eigenvalue weighted by Crippen LogP contribution is 2.21. The summed E-state index contributed by atoms with van der Waals surface area (Å²) in [7, 11) is 0. The minimum Gasteiger partial charge on any atom is -0.321 e. The predicted octanol–water partition coefficient (Wildman–Crippen LogP) is 4.22. The molecule has 0 spiro atoms. The van der Waals surface area contributed by atoms with E-state index >= 15 is 0 Å². The topological polar surface area (TPSA) is 84.0 Å². The van der Waals surface area contributed by atoms with Gasteiger partial charge in [0.05, 0.1) is 11.3 Å². The smallest absolute Gasteiger partial charge is 0.259 e. The lowest BCUT2D eigenvalue weighted by molar-refractivity contribution is 0.102. The molecule has 2 amide bonds. The highest BCUT2D eigenvalue weighted by molar-refractivity contribution is 7.15. The number of aromatic nitrogens is 2. The Bertz CT molecular complexity index is 997. The summed E-state index contributed by atoms with van der Waals surface area (Å²) in [6.45, 7) is 5.93. The van der Waals surface area contributed by atoms with Crippen LogP contribution >= 0.6 is 11.3 Å². The van der Waals surface area contributed by atoms with Crippen molar-refractivity contribution in [1.82, 2.24) is 10.2 Å². The summed E-state index contributed by atoms with van der Waals surface area (Å²) in [5, 5.41) is 14.8. The van der Waals surface area contributed by atoms with Gasteiger partial charge < -0.3 is 5.32 Å². The van der Waals surface area contributed by atoms with E-state index < -0.39 is 0 Å². The molecule has 1 aromatic heterocycles. The van der Waals surface area contributed by atoms with Gasteiger partial charge in [-0.15, -0.1) is 10.2 Å². The van der Waals surface area contributed by atoms with Gasteiger partial charge in [-0.3, -0.25) is 14.9 Å². The second-order valence-corrected chi connectivity index (χ2v) is 7.17. The third-order valence-electron chi connectivity index (χ3n) is 4.18. The minimum absolute atomic E-state index is 0.262. The number of nitrogens with zero attached hydrogens (tertiary/aromatic N) is 2. The summed E-state index contributed by atoms with van der Waals surface area (Å²) in [4.78, 5) is 25.2. The van der Waals surface area contributed by atoms with Crippen molar-refractivity contribution < 1.29 is 9.59 Å². The number of hydrogen-bond donors (Lipinski definition) is 2. The fraction of sp³-hybridized carbons (Fsp3) is 0.200. The molecule has 27 heavy (non-hydrogen) atoms. The molecule has 3 rings (SSSR count). The summed E-state index contributed by atoms with van der Waals surface area (Å²) in [6.07, 6.45) is 0.760. The molecule has 0 atom stereocenters. The van der Waals surface area contributed by atoms with Crippen molar-refractivity contribution in [2.24, 2.45) is 0 Å². The normalized spacial score (nSPS) is 10.5. The third kappa shape index (κ3) is 4.38. The van der Waals surface area contributed by atoms with Crippen LogP contribution in [0, 0.1) is 13.8 Å². The van der Waals surface area contributed by atoms with Gasteiger partial charge in [-0.25, -0.2) is 0 Å². The molecule has 0 aliphatic heterocycles. The van der Waals surface area contributed by atoms with Gasteiger partial charge in [0.25, 0.3) is 11.8 Å². The number of carbonyl (C=O) groups is 2. The maximum atomic E-state index is 12.6. The molecule has 0 bridgehead atoms. The van der Waals surface area contributed by atoms with Gasteiger partial charge in [0, 0.05) is 5.56 Å². The first-order chi connectivity index (χ1) is 13.0. The molecule has 2 N–H and O–H groups in total. The zero-order valence-electron chi connectivity index (χ0n) is 15.4. The Kier molecular flexibility index (Phi) is 5.61. The summed E-state index contributed by atoms with van der Waals surface area (Å²) < 4.78 is 0. The molecule has 0 aliphatic rings. The van der Waals surface area contributed by atoms with E-state index in [0.717, 1.165) is 22.6 Å². The maximum Gasteiger partial charge on any atom is 0.259 e. The molecule has 0 saturated carbocycles. The molecule has 0 aliphatic carbocycles. The van der Waals surface area contributed by atoms with Crippen molar-refractivity contribution in [3.8, 4) is 0 Å². The van der Waals surface area contributed by atoms with Crippen molar-refractivity contribution >= 4 is 34.0 Å². The van der Waals surface area contributed by atoms with Gasteiger partial charge in [-0.05, 0) is 55.7 Å². The fourth-order valence-electron chi connectivity index (χ4n) is 2.48. The lowest BCUT2D eigenvalue weighted by Crippen LogP contribution is -2.18. The first kappa shape index (κ1) is 18.7. The van der Waals surface area contributed by atoms with E-state index in [4.69, 9.17) is 0 Å². The molecule has 0 unspecified atom stereocenters. The summed E-state index contributed by atoms with van der Waals surface area (Å²) >= 11 is 1.33. The largest absolute Gasteiger partial charge is 0.321 e. The molecule has 6 nitrogen and oxygen atoms in total. The van der Waals surface area contributed by atoms with Crippen molar-refractivity contribution in [3.63, 3.8) is 0 Å². The second kappa shape index (κ2) is 8.09. The van der Waals surface area contributed by atoms with Gasteiger partial charge in [-0.1, -0.05) is 36.5 Å². The van der Waals surface area contributed by atoms with Crippen molar-refractivity contribution in [3.05, 3.63) is 69.7 Å². The highest BCUT2D eigenvalue weighted by Gasteiger charge is 2.16. The Hall–Kier alpha value is -3.06. The first-order valence-electron chi connectivity index (χ1n) is 8.59. The Morgan fingerprint density at radius 3 is 2.44 bits per heavy atom. The van der Waals surface area contributed by atoms with Crippen LogP contribution in [0.1, 0.15) is 43.8 Å². The maximum absolute atomic E-state index is 12.6. The number of rotatable bonds is 5. The van der Waals surface area contributed by atoms with Crippen molar-refractivity contribution in [1.29, 1.82) is 0 Å². The van der Waals surface area contributed by atoms with E-state index in [-0.39, 0.29) is 11.8 Å². The molecule has 0 radical (unpaired) electrons. The van der Waals surface area contributed by atoms with E-state index in [0.29, 0.717) is 21.9 Å². The molecule has 0 saturated heterocycles. The number of benzene rings is 2. The van der Waals surface area contributed by atoms with Gasteiger partial charge >= 0.3 is 0 Å². The second-order valence-electron chi connectivity index (χ2n) is 6.11. The third-order valence-corrected chi connectivity index (χ3v) is 5.16. The van der Waals surface area contributed by atoms with Crippen LogP contribution in [0.3, 0.4) is 0 Å². The number of aryl methyl sites for hydroxylation is 3. The molecule has 138 valence electrons. The number of hydrogen-bond acceptors (Lipinski definition) is 5. The predicted molar refractivity (Wildman–Crippen MR) is 108 cm³/mol. The van der Waals surface area contributed by atoms with Crippen LogP contribution in [-0.2, 0) is 6.42 Å². The molecular formula is C20H20N4O2S. The number of carbonyl (C=O) groups excluding carboxylic acids is 2. The molecule has 3 aromatic rings. The van der Waals surface area contributed by atoms with Crippen LogP contribution in [0.5, 0.6) is 0 Å². The summed E-state index contributed by atoms with van der Waals surface area (Å²) in [6, 6.07) is 12.4. The van der Waals surface area contributed by atoms with Crippen molar-refractivity contribution in [2.75, 3.05) is 10.6 Å². The van der Waals surface area contributed by atoms with Crippen LogP contribution < -0.4 is 10.6 Å². The zero-order valence-corrected chi connectivity index (χ0v) is 16.2. The summed E-state index contributed by atoms with van der Waals surface area (Å²) in [5.41, 5.74) is 3.51. The SMILES string of the molecule is CCc1nnc(NC(=O)c2ccccc2NC(=O)c2ccc(C)c(C)c2)s1. The minimum atomic E-state index is -0.343. The highest BCUT2D eigenvalue weighted by atomic mass is 32.1. The Labute approximate surface area is 161 Å². The average molecular weight is 380 g/mol. The van der Waals surface area contributed by atoms with Crippen molar-refractivity contribution in [2.45, 2.75) is 27.2 Å². The fourth-order valence-corrected chi connectivity index (χ4v) is 3.15. The molecule has 1 heterocycles. The Morgan fingerprint density at radius 1 is 0.963 bits per heavy atom. The number of amides is 2.